The molecule has 0 bridgehead atoms. The average molecular weight is 396 g/mol. The van der Waals surface area contributed by atoms with E-state index in [-0.39, 0.29) is 17.9 Å². The van der Waals surface area contributed by atoms with Gasteiger partial charge in [0.15, 0.2) is 0 Å². The number of hydrogen-bond donors (Lipinski definition) is 2. The molecule has 2 amide bonds. The standard InChI is InChI=1S/C23H29N3O3/c1-17-6-4-7-18(16-17)22(27)25-21-9-3-2-8-20(21)23(28)26-13-10-19(11-14-26)29-15-5-12-24/h2-4,6-9,16,19H,5,10-15,24H2,1H3,(H,25,27). The molecule has 3 rings (SSSR count). The number of hydrogen-bond acceptors (Lipinski definition) is 4. The fourth-order valence-corrected chi connectivity index (χ4v) is 3.49. The molecular formula is C23H29N3O3. The second-order valence-corrected chi connectivity index (χ2v) is 7.37. The molecule has 0 atom stereocenters. The number of amides is 2. The van der Waals surface area contributed by atoms with Crippen LogP contribution in [-0.2, 0) is 4.74 Å². The topological polar surface area (TPSA) is 84.7 Å². The number of carbonyl (C=O) groups is 2. The van der Waals surface area contributed by atoms with E-state index >= 15 is 0 Å². The molecule has 2 aromatic carbocycles. The summed E-state index contributed by atoms with van der Waals surface area (Å²) in [4.78, 5) is 27.5. The van der Waals surface area contributed by atoms with Gasteiger partial charge in [0.1, 0.15) is 0 Å². The number of rotatable bonds is 7. The minimum Gasteiger partial charge on any atom is -0.378 e. The van der Waals surface area contributed by atoms with E-state index in [1.807, 2.05) is 42.2 Å². The summed E-state index contributed by atoms with van der Waals surface area (Å²) < 4.78 is 5.82. The van der Waals surface area contributed by atoms with E-state index in [0.29, 0.717) is 43.1 Å². The summed E-state index contributed by atoms with van der Waals surface area (Å²) in [6, 6.07) is 14.6. The van der Waals surface area contributed by atoms with E-state index in [1.54, 1.807) is 18.2 Å². The quantitative estimate of drug-likeness (QED) is 0.705. The van der Waals surface area contributed by atoms with E-state index < -0.39 is 0 Å². The molecule has 1 heterocycles. The third-order valence-corrected chi connectivity index (χ3v) is 5.12. The zero-order valence-corrected chi connectivity index (χ0v) is 16.9. The summed E-state index contributed by atoms with van der Waals surface area (Å²) >= 11 is 0. The highest BCUT2D eigenvalue weighted by molar-refractivity contribution is 6.09. The second kappa shape index (κ2) is 10.2. The Morgan fingerprint density at radius 1 is 1.14 bits per heavy atom. The Labute approximate surface area is 172 Å². The van der Waals surface area contributed by atoms with Crippen LogP contribution in [0.1, 0.15) is 45.5 Å². The van der Waals surface area contributed by atoms with E-state index in [2.05, 4.69) is 5.32 Å². The van der Waals surface area contributed by atoms with Crippen molar-refractivity contribution < 1.29 is 14.3 Å². The van der Waals surface area contributed by atoms with Crippen molar-refractivity contribution in [1.82, 2.24) is 4.90 Å². The molecule has 1 fully saturated rings. The van der Waals surface area contributed by atoms with Gasteiger partial charge in [0, 0.05) is 25.3 Å². The van der Waals surface area contributed by atoms with E-state index in [0.717, 1.165) is 24.8 Å². The Bertz CT molecular complexity index is 845. The number of piperidine rings is 1. The fourth-order valence-electron chi connectivity index (χ4n) is 3.49. The van der Waals surface area contributed by atoms with Crippen molar-refractivity contribution in [1.29, 1.82) is 0 Å². The molecule has 0 unspecified atom stereocenters. The average Bonchev–Trinajstić information content (AvgIpc) is 2.74. The minimum atomic E-state index is -0.221. The molecule has 0 aliphatic carbocycles. The number of likely N-dealkylation sites (tertiary alicyclic amines) is 1. The van der Waals surface area contributed by atoms with Crippen LogP contribution >= 0.6 is 0 Å². The fraction of sp³-hybridized carbons (Fsp3) is 0.391. The van der Waals surface area contributed by atoms with Crippen LogP contribution in [0, 0.1) is 6.92 Å². The Kier molecular flexibility index (Phi) is 7.38. The molecule has 3 N–H and O–H groups in total. The Balaban J connectivity index is 1.64. The number of nitrogens with two attached hydrogens (primary N) is 1. The van der Waals surface area contributed by atoms with Crippen molar-refractivity contribution >= 4 is 17.5 Å². The predicted octanol–water partition coefficient (Wildman–Crippen LogP) is 3.22. The first-order valence-corrected chi connectivity index (χ1v) is 10.2. The van der Waals surface area contributed by atoms with Crippen molar-refractivity contribution in [3.05, 3.63) is 65.2 Å². The summed E-state index contributed by atoms with van der Waals surface area (Å²) in [5, 5.41) is 2.89. The lowest BCUT2D eigenvalue weighted by atomic mass is 10.0. The normalized spacial score (nSPS) is 14.6. The highest BCUT2D eigenvalue weighted by atomic mass is 16.5. The Morgan fingerprint density at radius 3 is 2.62 bits per heavy atom. The zero-order chi connectivity index (χ0) is 20.6. The van der Waals surface area contributed by atoms with E-state index in [9.17, 15) is 9.59 Å². The van der Waals surface area contributed by atoms with Crippen LogP contribution in [0.2, 0.25) is 0 Å². The number of nitrogens with one attached hydrogen (secondary N) is 1. The van der Waals surface area contributed by atoms with Gasteiger partial charge in [-0.25, -0.2) is 0 Å². The number of para-hydroxylation sites is 1. The summed E-state index contributed by atoms with van der Waals surface area (Å²) in [5.74, 6) is -0.286. The van der Waals surface area contributed by atoms with Gasteiger partial charge in [-0.2, -0.15) is 0 Å². The van der Waals surface area contributed by atoms with E-state index in [1.165, 1.54) is 0 Å². The molecule has 29 heavy (non-hydrogen) atoms. The maximum atomic E-state index is 13.1. The van der Waals surface area contributed by atoms with E-state index in [4.69, 9.17) is 10.5 Å². The minimum absolute atomic E-state index is 0.0643. The van der Waals surface area contributed by atoms with Crippen molar-refractivity contribution in [2.45, 2.75) is 32.3 Å². The predicted molar refractivity (Wildman–Crippen MR) is 114 cm³/mol. The van der Waals surface area contributed by atoms with Gasteiger partial charge in [-0.05, 0) is 57.0 Å². The van der Waals surface area contributed by atoms with Gasteiger partial charge in [-0.15, -0.1) is 0 Å². The van der Waals surface area contributed by atoms with Gasteiger partial charge in [-0.3, -0.25) is 9.59 Å². The van der Waals surface area contributed by atoms with Gasteiger partial charge in [0.2, 0.25) is 0 Å². The second-order valence-electron chi connectivity index (χ2n) is 7.37. The first kappa shape index (κ1) is 21.0. The summed E-state index contributed by atoms with van der Waals surface area (Å²) in [6.45, 7) is 4.53. The first-order chi connectivity index (χ1) is 14.1. The number of benzene rings is 2. The molecule has 1 saturated heterocycles. The van der Waals surface area contributed by atoms with Crippen LogP contribution in [0.3, 0.4) is 0 Å². The molecule has 6 nitrogen and oxygen atoms in total. The van der Waals surface area contributed by atoms with Crippen molar-refractivity contribution in [3.8, 4) is 0 Å². The van der Waals surface area contributed by atoms with Crippen LogP contribution < -0.4 is 11.1 Å². The maximum Gasteiger partial charge on any atom is 0.255 e. The molecule has 0 spiro atoms. The lowest BCUT2D eigenvalue weighted by Gasteiger charge is -2.32. The molecule has 0 aromatic heterocycles. The molecule has 6 heteroatoms. The number of aryl methyl sites for hydroxylation is 1. The highest BCUT2D eigenvalue weighted by Crippen LogP contribution is 2.22. The van der Waals surface area contributed by atoms with Crippen molar-refractivity contribution in [2.24, 2.45) is 5.73 Å². The van der Waals surface area contributed by atoms with Gasteiger partial charge in [-0.1, -0.05) is 29.8 Å². The molecule has 1 aliphatic rings. The van der Waals surface area contributed by atoms with Gasteiger partial charge >= 0.3 is 0 Å². The molecule has 0 saturated carbocycles. The van der Waals surface area contributed by atoms with Gasteiger partial charge < -0.3 is 20.7 Å². The highest BCUT2D eigenvalue weighted by Gasteiger charge is 2.25. The molecule has 2 aromatic rings. The van der Waals surface area contributed by atoms with Gasteiger partial charge in [0.25, 0.3) is 11.8 Å². The smallest absolute Gasteiger partial charge is 0.255 e. The summed E-state index contributed by atoms with van der Waals surface area (Å²) in [7, 11) is 0. The number of carbonyl (C=O) groups excluding carboxylic acids is 2. The SMILES string of the molecule is Cc1cccc(C(=O)Nc2ccccc2C(=O)N2CCC(OCCCN)CC2)c1. The van der Waals surface area contributed by atoms with Crippen LogP contribution in [0.25, 0.3) is 0 Å². The monoisotopic (exact) mass is 395 g/mol. The summed E-state index contributed by atoms with van der Waals surface area (Å²) in [6.07, 6.45) is 2.66. The zero-order valence-electron chi connectivity index (χ0n) is 16.9. The van der Waals surface area contributed by atoms with Gasteiger partial charge in [0.05, 0.1) is 17.4 Å². The number of ether oxygens (including phenoxy) is 1. The Hall–Kier alpha value is -2.70. The number of anilines is 1. The largest absolute Gasteiger partial charge is 0.378 e. The van der Waals surface area contributed by atoms with Crippen LogP contribution in [0.15, 0.2) is 48.5 Å². The van der Waals surface area contributed by atoms with Crippen LogP contribution in [0.5, 0.6) is 0 Å². The van der Waals surface area contributed by atoms with Crippen molar-refractivity contribution in [2.75, 3.05) is 31.6 Å². The molecule has 1 aliphatic heterocycles. The maximum absolute atomic E-state index is 13.1. The number of nitrogens with zero attached hydrogens (tertiary/aromatic N) is 1. The third kappa shape index (κ3) is 5.65. The molecule has 154 valence electrons. The van der Waals surface area contributed by atoms with Crippen molar-refractivity contribution in [3.63, 3.8) is 0 Å². The molecule has 0 radical (unpaired) electrons. The third-order valence-electron chi connectivity index (χ3n) is 5.12. The van der Waals surface area contributed by atoms with Crippen LogP contribution in [0.4, 0.5) is 5.69 Å². The lowest BCUT2D eigenvalue weighted by Crippen LogP contribution is -2.41. The Morgan fingerprint density at radius 2 is 1.90 bits per heavy atom. The van der Waals surface area contributed by atoms with Crippen LogP contribution in [-0.4, -0.2) is 49.1 Å². The summed E-state index contributed by atoms with van der Waals surface area (Å²) in [5.41, 5.74) is 8.13. The lowest BCUT2D eigenvalue weighted by molar-refractivity contribution is 0.00847. The molecular weight excluding hydrogens is 366 g/mol. The first-order valence-electron chi connectivity index (χ1n) is 10.2.